The number of esters is 1. The Morgan fingerprint density at radius 2 is 2.16 bits per heavy atom. The van der Waals surface area contributed by atoms with Crippen LogP contribution in [0.3, 0.4) is 0 Å². The van der Waals surface area contributed by atoms with Crippen LogP contribution in [0.2, 0.25) is 0 Å². The van der Waals surface area contributed by atoms with Gasteiger partial charge in [-0.15, -0.1) is 0 Å². The fraction of sp³-hybridized carbons (Fsp3) is 0.533. The van der Waals surface area contributed by atoms with Gasteiger partial charge in [0.2, 0.25) is 0 Å². The summed E-state index contributed by atoms with van der Waals surface area (Å²) in [6.07, 6.45) is -0.554. The van der Waals surface area contributed by atoms with E-state index in [-0.39, 0.29) is 24.5 Å². The van der Waals surface area contributed by atoms with Crippen LogP contribution in [0.4, 0.5) is 0 Å². The lowest BCUT2D eigenvalue weighted by Gasteiger charge is -2.16. The molecule has 2 rings (SSSR count). The molecule has 19 heavy (non-hydrogen) atoms. The highest BCUT2D eigenvalue weighted by Crippen LogP contribution is 2.34. The summed E-state index contributed by atoms with van der Waals surface area (Å²) in [4.78, 5) is 13.5. The van der Waals surface area contributed by atoms with Gasteiger partial charge in [0.05, 0.1) is 19.1 Å². The molecule has 1 aliphatic rings. The van der Waals surface area contributed by atoms with Crippen molar-refractivity contribution in [2.45, 2.75) is 38.5 Å². The first kappa shape index (κ1) is 14.0. The van der Waals surface area contributed by atoms with Gasteiger partial charge in [-0.3, -0.25) is 9.69 Å². The third-order valence-corrected chi connectivity index (χ3v) is 3.60. The maximum Gasteiger partial charge on any atom is 0.308 e. The number of aliphatic hydroxyl groups is 1. The van der Waals surface area contributed by atoms with Crippen LogP contribution < -0.4 is 0 Å². The lowest BCUT2D eigenvalue weighted by atomic mass is 10.1. The topological polar surface area (TPSA) is 49.5 Å². The summed E-state index contributed by atoms with van der Waals surface area (Å²) >= 11 is 0. The van der Waals surface area contributed by atoms with Gasteiger partial charge in [-0.2, -0.15) is 0 Å². The van der Waals surface area contributed by atoms with E-state index < -0.39 is 6.10 Å². The summed E-state index contributed by atoms with van der Waals surface area (Å²) in [6.45, 7) is 5.08. The van der Waals surface area contributed by atoms with Crippen molar-refractivity contribution in [2.75, 3.05) is 13.2 Å². The van der Waals surface area contributed by atoms with E-state index >= 15 is 0 Å². The number of carbonyl (C=O) groups excluding carboxylic acids is 1. The molecule has 1 heterocycles. The molecule has 4 nitrogen and oxygen atoms in total. The summed E-state index contributed by atoms with van der Waals surface area (Å²) in [5.41, 5.74) is 1.23. The normalized spacial score (nSPS) is 24.6. The second-order valence-electron chi connectivity index (χ2n) is 4.93. The first-order valence-corrected chi connectivity index (χ1v) is 6.77. The number of benzene rings is 1. The van der Waals surface area contributed by atoms with Crippen molar-refractivity contribution in [1.29, 1.82) is 0 Å². The molecule has 0 aliphatic carbocycles. The Bertz CT molecular complexity index is 421. The van der Waals surface area contributed by atoms with E-state index in [9.17, 15) is 9.90 Å². The highest BCUT2D eigenvalue weighted by molar-refractivity contribution is 5.70. The number of hydrogen-bond acceptors (Lipinski definition) is 4. The second-order valence-corrected chi connectivity index (χ2v) is 4.93. The molecule has 0 bridgehead atoms. The molecule has 1 unspecified atom stereocenters. The molecule has 1 N–H and O–H groups in total. The predicted octanol–water partition coefficient (Wildman–Crippen LogP) is 1.75. The summed E-state index contributed by atoms with van der Waals surface area (Å²) in [7, 11) is 0. The molecule has 4 atom stereocenters. The highest BCUT2D eigenvalue weighted by atomic mass is 16.5. The maximum atomic E-state index is 11.3. The number of ether oxygens (including phenoxy) is 1. The van der Waals surface area contributed by atoms with E-state index in [1.807, 2.05) is 18.2 Å². The summed E-state index contributed by atoms with van der Waals surface area (Å²) in [5, 5.41) is 10.0. The first-order valence-electron chi connectivity index (χ1n) is 6.77. The van der Waals surface area contributed by atoms with Crippen LogP contribution in [0.15, 0.2) is 30.3 Å². The Labute approximate surface area is 114 Å². The van der Waals surface area contributed by atoms with Crippen LogP contribution >= 0.6 is 0 Å². The minimum absolute atomic E-state index is 0.0691. The monoisotopic (exact) mass is 263 g/mol. The number of carbonyl (C=O) groups is 1. The third-order valence-electron chi connectivity index (χ3n) is 3.60. The van der Waals surface area contributed by atoms with Crippen LogP contribution in [-0.2, 0) is 9.53 Å². The Balaban J connectivity index is 1.85. The SMILES string of the molecule is CCOC(=O)C[C@H](O)[C@@H]1CN1[C@@H](C)c1ccccc1. The van der Waals surface area contributed by atoms with Crippen LogP contribution in [0, 0.1) is 0 Å². The second kappa shape index (κ2) is 6.17. The van der Waals surface area contributed by atoms with Crippen molar-refractivity contribution in [3.05, 3.63) is 35.9 Å². The molecule has 4 heteroatoms. The van der Waals surface area contributed by atoms with Crippen molar-refractivity contribution in [3.8, 4) is 0 Å². The fourth-order valence-corrected chi connectivity index (χ4v) is 2.41. The molecule has 0 spiro atoms. The lowest BCUT2D eigenvalue weighted by Crippen LogP contribution is -2.24. The number of nitrogens with zero attached hydrogens (tertiary/aromatic N) is 1. The van der Waals surface area contributed by atoms with E-state index in [0.717, 1.165) is 6.54 Å². The number of rotatable bonds is 6. The zero-order chi connectivity index (χ0) is 13.8. The van der Waals surface area contributed by atoms with Gasteiger partial charge >= 0.3 is 5.97 Å². The lowest BCUT2D eigenvalue weighted by molar-refractivity contribution is -0.145. The molecule has 1 aliphatic heterocycles. The molecule has 104 valence electrons. The molecule has 1 aromatic carbocycles. The smallest absolute Gasteiger partial charge is 0.308 e. The Morgan fingerprint density at radius 3 is 2.79 bits per heavy atom. The van der Waals surface area contributed by atoms with Crippen LogP contribution in [0.1, 0.15) is 31.9 Å². The molecule has 0 saturated carbocycles. The average molecular weight is 263 g/mol. The average Bonchev–Trinajstić information content (AvgIpc) is 3.19. The highest BCUT2D eigenvalue weighted by Gasteiger charge is 2.43. The van der Waals surface area contributed by atoms with Gasteiger partial charge in [0.1, 0.15) is 0 Å². The van der Waals surface area contributed by atoms with Crippen LogP contribution in [0.5, 0.6) is 0 Å². The standard InChI is InChI=1S/C15H21NO3/c1-3-19-15(18)9-14(17)13-10-16(13)11(2)12-7-5-4-6-8-12/h4-8,11,13-14,17H,3,9-10H2,1-2H3/t11-,13-,14-,16?/m0/s1. The van der Waals surface area contributed by atoms with Crippen LogP contribution in [0.25, 0.3) is 0 Å². The van der Waals surface area contributed by atoms with Gasteiger partial charge in [-0.25, -0.2) is 0 Å². The molecule has 1 fully saturated rings. The summed E-state index contributed by atoms with van der Waals surface area (Å²) < 4.78 is 4.85. The fourth-order valence-electron chi connectivity index (χ4n) is 2.41. The van der Waals surface area contributed by atoms with Crippen molar-refractivity contribution in [2.24, 2.45) is 0 Å². The number of hydrogen-bond donors (Lipinski definition) is 1. The molecule has 0 aromatic heterocycles. The molecular formula is C15H21NO3. The van der Waals surface area contributed by atoms with E-state index in [1.54, 1.807) is 6.92 Å². The maximum absolute atomic E-state index is 11.3. The molecule has 0 radical (unpaired) electrons. The van der Waals surface area contributed by atoms with Gasteiger partial charge < -0.3 is 9.84 Å². The summed E-state index contributed by atoms with van der Waals surface area (Å²) in [5.74, 6) is -0.325. The van der Waals surface area contributed by atoms with Crippen LogP contribution in [-0.4, -0.2) is 41.3 Å². The quantitative estimate of drug-likeness (QED) is 0.627. The van der Waals surface area contributed by atoms with Crippen molar-refractivity contribution >= 4 is 5.97 Å². The minimum atomic E-state index is -0.634. The van der Waals surface area contributed by atoms with Crippen molar-refractivity contribution < 1.29 is 14.6 Å². The zero-order valence-electron chi connectivity index (χ0n) is 11.5. The largest absolute Gasteiger partial charge is 0.466 e. The van der Waals surface area contributed by atoms with E-state index in [0.29, 0.717) is 6.61 Å². The van der Waals surface area contributed by atoms with Gasteiger partial charge in [0.15, 0.2) is 0 Å². The van der Waals surface area contributed by atoms with E-state index in [4.69, 9.17) is 4.74 Å². The molecule has 1 aromatic rings. The molecule has 0 amide bonds. The van der Waals surface area contributed by atoms with E-state index in [2.05, 4.69) is 24.0 Å². The van der Waals surface area contributed by atoms with Crippen molar-refractivity contribution in [3.63, 3.8) is 0 Å². The van der Waals surface area contributed by atoms with Gasteiger partial charge in [-0.1, -0.05) is 30.3 Å². The first-order chi connectivity index (χ1) is 9.13. The Hall–Kier alpha value is -1.39. The molecular weight excluding hydrogens is 242 g/mol. The van der Waals surface area contributed by atoms with Gasteiger partial charge in [0, 0.05) is 18.6 Å². The van der Waals surface area contributed by atoms with Crippen molar-refractivity contribution in [1.82, 2.24) is 4.90 Å². The third kappa shape index (κ3) is 3.55. The summed E-state index contributed by atoms with van der Waals surface area (Å²) in [6, 6.07) is 10.5. The predicted molar refractivity (Wildman–Crippen MR) is 72.6 cm³/mol. The Kier molecular flexibility index (Phi) is 4.56. The van der Waals surface area contributed by atoms with E-state index in [1.165, 1.54) is 5.56 Å². The Morgan fingerprint density at radius 1 is 1.47 bits per heavy atom. The molecule has 1 saturated heterocycles. The zero-order valence-corrected chi connectivity index (χ0v) is 11.5. The van der Waals surface area contributed by atoms with Gasteiger partial charge in [-0.05, 0) is 19.4 Å². The minimum Gasteiger partial charge on any atom is -0.466 e. The van der Waals surface area contributed by atoms with Gasteiger partial charge in [0.25, 0.3) is 0 Å². The number of aliphatic hydroxyl groups excluding tert-OH is 1.